The van der Waals surface area contributed by atoms with Gasteiger partial charge in [0.2, 0.25) is 0 Å². The van der Waals surface area contributed by atoms with Crippen molar-refractivity contribution in [2.45, 2.75) is 25.9 Å². The minimum Gasteiger partial charge on any atom is -0.299 e. The summed E-state index contributed by atoms with van der Waals surface area (Å²) >= 11 is 0. The Morgan fingerprint density at radius 1 is 1.19 bits per heavy atom. The third-order valence-corrected chi connectivity index (χ3v) is 3.16. The van der Waals surface area contributed by atoms with Crippen molar-refractivity contribution in [1.29, 1.82) is 0 Å². The van der Waals surface area contributed by atoms with E-state index in [-0.39, 0.29) is 18.6 Å². The summed E-state index contributed by atoms with van der Waals surface area (Å²) in [5.41, 5.74) is 1.49. The monoisotopic (exact) mass is 296 g/mol. The number of aryl methyl sites for hydroxylation is 2. The molecule has 1 aromatic heterocycles. The van der Waals surface area contributed by atoms with Crippen LogP contribution in [0.2, 0.25) is 0 Å². The van der Waals surface area contributed by atoms with Crippen molar-refractivity contribution in [2.75, 3.05) is 0 Å². The molecular weight excluding hydrogens is 281 g/mol. The summed E-state index contributed by atoms with van der Waals surface area (Å²) in [5.74, 6) is -0.0576. The lowest BCUT2D eigenvalue weighted by Gasteiger charge is -2.07. The molecule has 1 heterocycles. The number of Topliss-reactive ketones (excluding diaryl/α,β-unsaturated/α-hetero) is 1. The van der Waals surface area contributed by atoms with Crippen molar-refractivity contribution in [2.24, 2.45) is 7.05 Å². The first-order valence-corrected chi connectivity index (χ1v) is 6.43. The molecule has 0 bridgehead atoms. The second-order valence-electron chi connectivity index (χ2n) is 4.99. The Morgan fingerprint density at radius 3 is 2.29 bits per heavy atom. The summed E-state index contributed by atoms with van der Waals surface area (Å²) < 4.78 is 39.0. The molecule has 2 aromatic rings. The van der Waals surface area contributed by atoms with E-state index in [1.165, 1.54) is 12.1 Å². The molecular formula is C15H15F3N2O. The van der Waals surface area contributed by atoms with Crippen LogP contribution in [0, 0.1) is 6.92 Å². The molecule has 6 heteroatoms. The smallest absolute Gasteiger partial charge is 0.299 e. The molecule has 2 rings (SSSR count). The van der Waals surface area contributed by atoms with Crippen LogP contribution < -0.4 is 0 Å². The molecule has 0 aliphatic rings. The third kappa shape index (κ3) is 3.93. The first-order valence-electron chi connectivity index (χ1n) is 6.43. The van der Waals surface area contributed by atoms with E-state index in [4.69, 9.17) is 0 Å². The maximum Gasteiger partial charge on any atom is 0.416 e. The first-order chi connectivity index (χ1) is 9.75. The largest absolute Gasteiger partial charge is 0.416 e. The fourth-order valence-corrected chi connectivity index (χ4v) is 2.13. The molecule has 0 fully saturated rings. The molecule has 0 amide bonds. The predicted molar refractivity (Wildman–Crippen MR) is 71.8 cm³/mol. The van der Waals surface area contributed by atoms with Gasteiger partial charge in [-0.1, -0.05) is 12.1 Å². The Labute approximate surface area is 120 Å². The van der Waals surface area contributed by atoms with Gasteiger partial charge in [-0.2, -0.15) is 18.3 Å². The predicted octanol–water partition coefficient (Wildman–Crippen LogP) is 3.10. The van der Waals surface area contributed by atoms with Gasteiger partial charge in [0.1, 0.15) is 5.78 Å². The quantitative estimate of drug-likeness (QED) is 0.869. The van der Waals surface area contributed by atoms with E-state index < -0.39 is 11.7 Å². The second-order valence-corrected chi connectivity index (χ2v) is 4.99. The number of carbonyl (C=O) groups excluding carboxylic acids is 1. The summed E-state index contributed by atoms with van der Waals surface area (Å²) in [5, 5.41) is 4.15. The number of alkyl halides is 3. The van der Waals surface area contributed by atoms with Crippen LogP contribution in [0.25, 0.3) is 0 Å². The van der Waals surface area contributed by atoms with Crippen LogP contribution in [-0.4, -0.2) is 15.6 Å². The molecule has 0 N–H and O–H groups in total. The number of nitrogens with zero attached hydrogens (tertiary/aromatic N) is 2. The highest BCUT2D eigenvalue weighted by Crippen LogP contribution is 2.29. The molecule has 0 radical (unpaired) electrons. The maximum absolute atomic E-state index is 12.4. The Kier molecular flexibility index (Phi) is 4.16. The molecule has 1 aromatic carbocycles. The van der Waals surface area contributed by atoms with Gasteiger partial charge >= 0.3 is 6.18 Å². The number of hydrogen-bond acceptors (Lipinski definition) is 2. The minimum atomic E-state index is -4.35. The topological polar surface area (TPSA) is 34.9 Å². The molecule has 0 aliphatic heterocycles. The van der Waals surface area contributed by atoms with Crippen molar-refractivity contribution < 1.29 is 18.0 Å². The zero-order chi connectivity index (χ0) is 15.6. The van der Waals surface area contributed by atoms with E-state index in [0.29, 0.717) is 5.56 Å². The minimum absolute atomic E-state index is 0.0576. The van der Waals surface area contributed by atoms with E-state index in [2.05, 4.69) is 5.10 Å². The number of halogens is 3. The molecule has 0 unspecified atom stereocenters. The van der Waals surface area contributed by atoms with Gasteiger partial charge in [-0.25, -0.2) is 0 Å². The van der Waals surface area contributed by atoms with Crippen LogP contribution in [0.5, 0.6) is 0 Å². The summed E-state index contributed by atoms with van der Waals surface area (Å²) in [4.78, 5) is 12.0. The molecule has 0 saturated carbocycles. The summed E-state index contributed by atoms with van der Waals surface area (Å²) in [6.07, 6.45) is -4.02. The van der Waals surface area contributed by atoms with Gasteiger partial charge < -0.3 is 0 Å². The Balaban J connectivity index is 2.01. The van der Waals surface area contributed by atoms with Crippen molar-refractivity contribution in [3.63, 3.8) is 0 Å². The van der Waals surface area contributed by atoms with Gasteiger partial charge in [0.15, 0.2) is 0 Å². The van der Waals surface area contributed by atoms with Gasteiger partial charge in [0, 0.05) is 25.6 Å². The highest BCUT2D eigenvalue weighted by molar-refractivity contribution is 5.82. The number of carbonyl (C=O) groups is 1. The summed E-state index contributed by atoms with van der Waals surface area (Å²) in [6, 6.07) is 6.50. The van der Waals surface area contributed by atoms with E-state index >= 15 is 0 Å². The molecule has 3 nitrogen and oxygen atoms in total. The number of ketones is 1. The van der Waals surface area contributed by atoms with Crippen molar-refractivity contribution in [3.8, 4) is 0 Å². The van der Waals surface area contributed by atoms with Crippen LogP contribution in [0.4, 0.5) is 13.2 Å². The lowest BCUT2D eigenvalue weighted by molar-refractivity contribution is -0.137. The normalized spacial score (nSPS) is 11.7. The van der Waals surface area contributed by atoms with E-state index in [1.807, 2.05) is 13.0 Å². The molecule has 112 valence electrons. The SMILES string of the molecule is Cc1cc(CC(=O)Cc2ccc(C(F)(F)F)cc2)n(C)n1. The number of benzene rings is 1. The van der Waals surface area contributed by atoms with Crippen molar-refractivity contribution in [3.05, 3.63) is 52.8 Å². The Hall–Kier alpha value is -2.11. The Bertz CT molecular complexity index is 642. The lowest BCUT2D eigenvalue weighted by Crippen LogP contribution is -2.10. The zero-order valence-electron chi connectivity index (χ0n) is 11.7. The fraction of sp³-hybridized carbons (Fsp3) is 0.333. The molecule has 0 saturated heterocycles. The summed E-state index contributed by atoms with van der Waals surface area (Å²) in [7, 11) is 1.76. The summed E-state index contributed by atoms with van der Waals surface area (Å²) in [6.45, 7) is 1.84. The lowest BCUT2D eigenvalue weighted by atomic mass is 10.0. The van der Waals surface area contributed by atoms with E-state index in [9.17, 15) is 18.0 Å². The standard InChI is InChI=1S/C15H15F3N2O/c1-10-7-13(20(2)19-10)9-14(21)8-11-3-5-12(6-4-11)15(16,17)18/h3-7H,8-9H2,1-2H3. The first kappa shape index (κ1) is 15.3. The molecule has 0 spiro atoms. The number of hydrogen-bond donors (Lipinski definition) is 0. The highest BCUT2D eigenvalue weighted by Gasteiger charge is 2.29. The third-order valence-electron chi connectivity index (χ3n) is 3.16. The fourth-order valence-electron chi connectivity index (χ4n) is 2.13. The highest BCUT2D eigenvalue weighted by atomic mass is 19.4. The van der Waals surface area contributed by atoms with Crippen molar-refractivity contribution >= 4 is 5.78 Å². The Morgan fingerprint density at radius 2 is 1.81 bits per heavy atom. The maximum atomic E-state index is 12.4. The van der Waals surface area contributed by atoms with E-state index in [1.54, 1.807) is 11.7 Å². The van der Waals surface area contributed by atoms with Gasteiger partial charge in [-0.3, -0.25) is 9.48 Å². The molecule has 21 heavy (non-hydrogen) atoms. The van der Waals surface area contributed by atoms with Crippen LogP contribution in [-0.2, 0) is 30.9 Å². The number of aromatic nitrogens is 2. The van der Waals surface area contributed by atoms with Crippen LogP contribution in [0.3, 0.4) is 0 Å². The van der Waals surface area contributed by atoms with Gasteiger partial charge in [0.25, 0.3) is 0 Å². The van der Waals surface area contributed by atoms with Crippen molar-refractivity contribution in [1.82, 2.24) is 9.78 Å². The average molecular weight is 296 g/mol. The zero-order valence-corrected chi connectivity index (χ0v) is 11.7. The second kappa shape index (κ2) is 5.71. The van der Waals surface area contributed by atoms with Gasteiger partial charge in [0.05, 0.1) is 11.3 Å². The van der Waals surface area contributed by atoms with Gasteiger partial charge in [-0.05, 0) is 30.7 Å². The van der Waals surface area contributed by atoms with Crippen LogP contribution in [0.1, 0.15) is 22.5 Å². The molecule has 0 aliphatic carbocycles. The molecule has 0 atom stereocenters. The van der Waals surface area contributed by atoms with Crippen LogP contribution >= 0.6 is 0 Å². The van der Waals surface area contributed by atoms with Gasteiger partial charge in [-0.15, -0.1) is 0 Å². The number of rotatable bonds is 4. The average Bonchev–Trinajstić information content (AvgIpc) is 2.67. The van der Waals surface area contributed by atoms with E-state index in [0.717, 1.165) is 23.5 Å². The van der Waals surface area contributed by atoms with Crippen LogP contribution in [0.15, 0.2) is 30.3 Å².